The minimum Gasteiger partial charge on any atom is -0.316 e. The third-order valence-electron chi connectivity index (χ3n) is 4.15. The highest BCUT2D eigenvalue weighted by molar-refractivity contribution is 7.90. The molecular weight excluding hydrogens is 236 g/mol. The van der Waals surface area contributed by atoms with Gasteiger partial charge in [0, 0.05) is 13.1 Å². The average molecular weight is 260 g/mol. The van der Waals surface area contributed by atoms with Gasteiger partial charge in [-0.2, -0.15) is 0 Å². The molecule has 17 heavy (non-hydrogen) atoms. The molecule has 4 nitrogen and oxygen atoms in total. The second kappa shape index (κ2) is 5.24. The smallest absolute Gasteiger partial charge is 0.214 e. The molecule has 5 heteroatoms. The van der Waals surface area contributed by atoms with Gasteiger partial charge in [0.25, 0.3) is 0 Å². The monoisotopic (exact) mass is 260 g/mol. The van der Waals surface area contributed by atoms with E-state index in [1.807, 2.05) is 0 Å². The highest BCUT2D eigenvalue weighted by Crippen LogP contribution is 2.26. The Kier molecular flexibility index (Phi) is 4.10. The molecule has 0 aromatic heterocycles. The highest BCUT2D eigenvalue weighted by atomic mass is 32.2. The standard InChI is InChI=1S/C12H24N2O2S/c1-12(7-8-13-9-12)10-14-17(15,16)11-5-3-2-4-6-11/h11,13-14H,2-10H2,1H3. The molecule has 1 heterocycles. The predicted octanol–water partition coefficient (Wildman–Crippen LogP) is 1.24. The number of nitrogens with one attached hydrogen (secondary N) is 2. The topological polar surface area (TPSA) is 58.2 Å². The van der Waals surface area contributed by atoms with Gasteiger partial charge in [-0.3, -0.25) is 0 Å². The first-order valence-electron chi connectivity index (χ1n) is 6.71. The summed E-state index contributed by atoms with van der Waals surface area (Å²) in [5, 5.41) is 3.15. The van der Waals surface area contributed by atoms with Crippen LogP contribution in [0.1, 0.15) is 45.4 Å². The van der Waals surface area contributed by atoms with Gasteiger partial charge in [0.2, 0.25) is 10.0 Å². The van der Waals surface area contributed by atoms with Crippen LogP contribution in [-0.4, -0.2) is 33.3 Å². The zero-order valence-corrected chi connectivity index (χ0v) is 11.5. The van der Waals surface area contributed by atoms with Crippen molar-refractivity contribution in [2.24, 2.45) is 5.41 Å². The van der Waals surface area contributed by atoms with E-state index in [0.717, 1.165) is 45.2 Å². The van der Waals surface area contributed by atoms with E-state index in [9.17, 15) is 8.42 Å². The summed E-state index contributed by atoms with van der Waals surface area (Å²) < 4.78 is 27.1. The molecule has 0 aromatic carbocycles. The van der Waals surface area contributed by atoms with Gasteiger partial charge >= 0.3 is 0 Å². The summed E-state index contributed by atoms with van der Waals surface area (Å²) in [5.74, 6) is 0. The van der Waals surface area contributed by atoms with Crippen molar-refractivity contribution in [3.05, 3.63) is 0 Å². The maximum absolute atomic E-state index is 12.2. The molecule has 0 aromatic rings. The molecule has 2 fully saturated rings. The minimum absolute atomic E-state index is 0.0989. The molecule has 1 saturated heterocycles. The van der Waals surface area contributed by atoms with Crippen LogP contribution in [0.25, 0.3) is 0 Å². The van der Waals surface area contributed by atoms with Gasteiger partial charge in [-0.1, -0.05) is 26.2 Å². The van der Waals surface area contributed by atoms with Crippen LogP contribution in [0, 0.1) is 5.41 Å². The highest BCUT2D eigenvalue weighted by Gasteiger charge is 2.32. The normalized spacial score (nSPS) is 31.8. The third-order valence-corrected chi connectivity index (χ3v) is 6.04. The molecule has 2 N–H and O–H groups in total. The second-order valence-electron chi connectivity index (χ2n) is 5.86. The Hall–Kier alpha value is -0.130. The zero-order valence-electron chi connectivity index (χ0n) is 10.7. The Balaban J connectivity index is 1.88. The van der Waals surface area contributed by atoms with Crippen molar-refractivity contribution in [1.29, 1.82) is 0 Å². The van der Waals surface area contributed by atoms with E-state index < -0.39 is 10.0 Å². The lowest BCUT2D eigenvalue weighted by atomic mass is 9.90. The predicted molar refractivity (Wildman–Crippen MR) is 69.4 cm³/mol. The number of hydrogen-bond acceptors (Lipinski definition) is 3. The first-order valence-corrected chi connectivity index (χ1v) is 8.26. The third kappa shape index (κ3) is 3.42. The molecule has 1 saturated carbocycles. The lowest BCUT2D eigenvalue weighted by Gasteiger charge is -2.26. The summed E-state index contributed by atoms with van der Waals surface area (Å²) in [6.07, 6.45) is 6.04. The van der Waals surface area contributed by atoms with Crippen LogP contribution in [0.2, 0.25) is 0 Å². The van der Waals surface area contributed by atoms with E-state index >= 15 is 0 Å². The van der Waals surface area contributed by atoms with Crippen LogP contribution in [-0.2, 0) is 10.0 Å². The molecular formula is C12H24N2O2S. The van der Waals surface area contributed by atoms with Crippen molar-refractivity contribution in [1.82, 2.24) is 10.0 Å². The molecule has 0 spiro atoms. The van der Waals surface area contributed by atoms with Gasteiger partial charge in [-0.15, -0.1) is 0 Å². The van der Waals surface area contributed by atoms with Gasteiger partial charge in [-0.05, 0) is 31.2 Å². The van der Waals surface area contributed by atoms with Gasteiger partial charge < -0.3 is 5.32 Å². The molecule has 0 bridgehead atoms. The molecule has 0 amide bonds. The molecule has 1 aliphatic heterocycles. The van der Waals surface area contributed by atoms with Crippen LogP contribution in [0.5, 0.6) is 0 Å². The fourth-order valence-corrected chi connectivity index (χ4v) is 4.53. The average Bonchev–Trinajstić information content (AvgIpc) is 2.76. The first-order chi connectivity index (χ1) is 8.02. The van der Waals surface area contributed by atoms with Crippen LogP contribution in [0.15, 0.2) is 0 Å². The quantitative estimate of drug-likeness (QED) is 0.799. The van der Waals surface area contributed by atoms with Crippen LogP contribution >= 0.6 is 0 Å². The Morgan fingerprint density at radius 3 is 2.59 bits per heavy atom. The largest absolute Gasteiger partial charge is 0.316 e. The second-order valence-corrected chi connectivity index (χ2v) is 7.91. The minimum atomic E-state index is -3.09. The summed E-state index contributed by atoms with van der Waals surface area (Å²) >= 11 is 0. The molecule has 2 rings (SSSR count). The van der Waals surface area contributed by atoms with E-state index in [4.69, 9.17) is 0 Å². The summed E-state index contributed by atoms with van der Waals surface area (Å²) in [5.41, 5.74) is 0.0989. The van der Waals surface area contributed by atoms with E-state index in [0.29, 0.717) is 6.54 Å². The van der Waals surface area contributed by atoms with E-state index in [-0.39, 0.29) is 10.7 Å². The lowest BCUT2D eigenvalue weighted by Crippen LogP contribution is -2.42. The summed E-state index contributed by atoms with van der Waals surface area (Å²) in [4.78, 5) is 0. The maximum atomic E-state index is 12.2. The number of hydrogen-bond donors (Lipinski definition) is 2. The van der Waals surface area contributed by atoms with Crippen molar-refractivity contribution >= 4 is 10.0 Å². The summed E-state index contributed by atoms with van der Waals surface area (Å²) in [7, 11) is -3.09. The molecule has 1 aliphatic carbocycles. The molecule has 1 atom stereocenters. The SMILES string of the molecule is CC1(CNS(=O)(=O)C2CCCCC2)CCNC1. The number of sulfonamides is 1. The van der Waals surface area contributed by atoms with Crippen molar-refractivity contribution in [2.45, 2.75) is 50.7 Å². The maximum Gasteiger partial charge on any atom is 0.214 e. The van der Waals surface area contributed by atoms with Crippen molar-refractivity contribution in [3.8, 4) is 0 Å². The lowest BCUT2D eigenvalue weighted by molar-refractivity contribution is 0.360. The van der Waals surface area contributed by atoms with Crippen LogP contribution in [0.4, 0.5) is 0 Å². The van der Waals surface area contributed by atoms with E-state index in [1.165, 1.54) is 6.42 Å². The zero-order chi connectivity index (χ0) is 12.4. The van der Waals surface area contributed by atoms with Crippen molar-refractivity contribution in [2.75, 3.05) is 19.6 Å². The molecule has 1 unspecified atom stereocenters. The van der Waals surface area contributed by atoms with Gasteiger partial charge in [0.1, 0.15) is 0 Å². The first kappa shape index (κ1) is 13.3. The van der Waals surface area contributed by atoms with Crippen molar-refractivity contribution in [3.63, 3.8) is 0 Å². The van der Waals surface area contributed by atoms with Crippen LogP contribution in [0.3, 0.4) is 0 Å². The molecule has 2 aliphatic rings. The van der Waals surface area contributed by atoms with E-state index in [1.54, 1.807) is 0 Å². The fraction of sp³-hybridized carbons (Fsp3) is 1.00. The molecule has 100 valence electrons. The Morgan fingerprint density at radius 2 is 2.00 bits per heavy atom. The number of rotatable bonds is 4. The summed E-state index contributed by atoms with van der Waals surface area (Å²) in [6, 6.07) is 0. The van der Waals surface area contributed by atoms with Crippen molar-refractivity contribution < 1.29 is 8.42 Å². The summed E-state index contributed by atoms with van der Waals surface area (Å²) in [6.45, 7) is 4.65. The molecule has 0 radical (unpaired) electrons. The van der Waals surface area contributed by atoms with Gasteiger partial charge in [-0.25, -0.2) is 13.1 Å². The Labute approximate surface area is 105 Å². The Morgan fingerprint density at radius 1 is 1.29 bits per heavy atom. The van der Waals surface area contributed by atoms with Gasteiger partial charge in [0.15, 0.2) is 0 Å². The van der Waals surface area contributed by atoms with E-state index in [2.05, 4.69) is 17.0 Å². The van der Waals surface area contributed by atoms with Gasteiger partial charge in [0.05, 0.1) is 5.25 Å². The Bertz CT molecular complexity index is 342. The van der Waals surface area contributed by atoms with Crippen LogP contribution < -0.4 is 10.0 Å². The fourth-order valence-electron chi connectivity index (χ4n) is 2.79.